The molecule has 4 N–H and O–H groups in total. The van der Waals surface area contributed by atoms with E-state index in [9.17, 15) is 4.57 Å². The van der Waals surface area contributed by atoms with E-state index in [4.69, 9.17) is 20.3 Å². The van der Waals surface area contributed by atoms with Crippen molar-refractivity contribution in [3.63, 3.8) is 0 Å². The normalized spacial score (nSPS) is 26.5. The van der Waals surface area contributed by atoms with Gasteiger partial charge in [-0.3, -0.25) is 9.13 Å². The Balaban J connectivity index is 1.69. The molecule has 4 rings (SSSR count). The van der Waals surface area contributed by atoms with Gasteiger partial charge in [0, 0.05) is 17.2 Å². The van der Waals surface area contributed by atoms with E-state index in [0.29, 0.717) is 23.6 Å². The second kappa shape index (κ2) is 4.85. The zero-order valence-corrected chi connectivity index (χ0v) is 13.0. The molecule has 2 aliphatic rings. The minimum atomic E-state index is -4.16. The van der Waals surface area contributed by atoms with Crippen molar-refractivity contribution < 1.29 is 19.1 Å². The Kier molecular flexibility index (Phi) is 3.11. The molecule has 1 spiro atoms. The van der Waals surface area contributed by atoms with E-state index in [2.05, 4.69) is 15.0 Å². The summed E-state index contributed by atoms with van der Waals surface area (Å²) in [5.74, 6) is 1.24. The smallest absolute Gasteiger partial charge is 0.348 e. The fourth-order valence-electron chi connectivity index (χ4n) is 3.33. The molecule has 0 unspecified atom stereocenters. The first-order valence-electron chi connectivity index (χ1n) is 7.20. The van der Waals surface area contributed by atoms with Crippen LogP contribution < -0.4 is 5.73 Å². The average molecular weight is 337 g/mol. The quantitative estimate of drug-likeness (QED) is 0.706. The molecule has 10 heteroatoms. The van der Waals surface area contributed by atoms with Gasteiger partial charge in [-0.15, -0.1) is 0 Å². The van der Waals surface area contributed by atoms with Gasteiger partial charge in [-0.25, -0.2) is 15.0 Å². The monoisotopic (exact) mass is 337 g/mol. The van der Waals surface area contributed by atoms with Gasteiger partial charge in [0.2, 0.25) is 0 Å². The predicted octanol–water partition coefficient (Wildman–Crippen LogP) is 1.03. The summed E-state index contributed by atoms with van der Waals surface area (Å²) in [4.78, 5) is 30.5. The molecule has 1 aliphatic heterocycles. The Morgan fingerprint density at radius 2 is 2.17 bits per heavy atom. The third-order valence-corrected chi connectivity index (χ3v) is 5.20. The van der Waals surface area contributed by atoms with Gasteiger partial charge in [-0.1, -0.05) is 6.08 Å². The molecular formula is C13H16N5O4P. The predicted molar refractivity (Wildman–Crippen MR) is 81.1 cm³/mol. The van der Waals surface area contributed by atoms with E-state index >= 15 is 0 Å². The lowest BCUT2D eigenvalue weighted by Gasteiger charge is -2.21. The number of nitrogens with two attached hydrogens (primary N) is 1. The number of anilines is 1. The number of rotatable bonds is 3. The lowest BCUT2D eigenvalue weighted by atomic mass is 9.90. The first kappa shape index (κ1) is 14.8. The van der Waals surface area contributed by atoms with E-state index in [1.165, 1.54) is 6.33 Å². The average Bonchev–Trinajstić information content (AvgIpc) is 3.01. The van der Waals surface area contributed by atoms with Crippen LogP contribution in [0.4, 0.5) is 5.82 Å². The Morgan fingerprint density at radius 3 is 2.87 bits per heavy atom. The van der Waals surface area contributed by atoms with Crippen LogP contribution in [0.3, 0.4) is 0 Å². The number of aromatic nitrogens is 4. The van der Waals surface area contributed by atoms with Crippen LogP contribution in [0.15, 0.2) is 24.5 Å². The standard InChI is InChI=1S/C13H16N5O4P/c14-10-9-11(16-6-15-10)18(7-17-9)12-13(2-3-13)8(5-22-12)1-4-23(19,20)21/h1,4,6-8,12H,2-3,5H2,(H2,14,15,16)(H2,19,20,21)/b4-1+/t8-,12+/m0/s1. The van der Waals surface area contributed by atoms with Crippen LogP contribution in [-0.4, -0.2) is 35.9 Å². The molecule has 0 radical (unpaired) electrons. The Labute approximate surface area is 131 Å². The number of nitrogens with zero attached hydrogens (tertiary/aromatic N) is 4. The van der Waals surface area contributed by atoms with Crippen LogP contribution in [0.25, 0.3) is 11.2 Å². The number of ether oxygens (including phenoxy) is 1. The highest BCUT2D eigenvalue weighted by atomic mass is 31.2. The molecule has 23 heavy (non-hydrogen) atoms. The molecule has 2 aromatic heterocycles. The minimum Gasteiger partial charge on any atom is -0.382 e. The highest BCUT2D eigenvalue weighted by Gasteiger charge is 2.60. The van der Waals surface area contributed by atoms with Crippen molar-refractivity contribution in [3.05, 3.63) is 24.5 Å². The van der Waals surface area contributed by atoms with Crippen LogP contribution in [0.2, 0.25) is 0 Å². The van der Waals surface area contributed by atoms with Crippen molar-refractivity contribution in [2.45, 2.75) is 19.1 Å². The molecule has 1 aliphatic carbocycles. The fraction of sp³-hybridized carbons (Fsp3) is 0.462. The van der Waals surface area contributed by atoms with Gasteiger partial charge in [-0.05, 0) is 12.8 Å². The number of nitrogen functional groups attached to an aromatic ring is 1. The largest absolute Gasteiger partial charge is 0.382 e. The summed E-state index contributed by atoms with van der Waals surface area (Å²) in [6.45, 7) is 0.404. The number of fused-ring (bicyclic) bond motifs is 1. The first-order chi connectivity index (χ1) is 10.9. The Hall–Kier alpha value is -1.80. The lowest BCUT2D eigenvalue weighted by Crippen LogP contribution is -2.20. The van der Waals surface area contributed by atoms with E-state index in [0.717, 1.165) is 18.7 Å². The maximum atomic E-state index is 11.1. The van der Waals surface area contributed by atoms with Crippen molar-refractivity contribution in [2.75, 3.05) is 12.3 Å². The SMILES string of the molecule is Nc1ncnc2c1ncn2[C@@H]1OC[C@H](/C=C/P(=O)(O)O)C12CC2. The zero-order valence-electron chi connectivity index (χ0n) is 12.1. The van der Waals surface area contributed by atoms with E-state index in [-0.39, 0.29) is 17.6 Å². The summed E-state index contributed by atoms with van der Waals surface area (Å²) in [5, 5.41) is 0. The van der Waals surface area contributed by atoms with Gasteiger partial charge >= 0.3 is 7.60 Å². The molecule has 122 valence electrons. The van der Waals surface area contributed by atoms with Crippen LogP contribution in [0.1, 0.15) is 19.1 Å². The van der Waals surface area contributed by atoms with E-state index < -0.39 is 7.60 Å². The molecule has 0 bridgehead atoms. The van der Waals surface area contributed by atoms with Crippen LogP contribution in [0, 0.1) is 11.3 Å². The fourth-order valence-corrected chi connectivity index (χ4v) is 3.77. The van der Waals surface area contributed by atoms with Gasteiger partial charge in [0.05, 0.1) is 12.9 Å². The molecule has 1 saturated carbocycles. The van der Waals surface area contributed by atoms with Crippen molar-refractivity contribution in [2.24, 2.45) is 11.3 Å². The third-order valence-electron chi connectivity index (χ3n) is 4.64. The molecule has 3 heterocycles. The van der Waals surface area contributed by atoms with Crippen LogP contribution in [0.5, 0.6) is 0 Å². The van der Waals surface area contributed by atoms with Crippen molar-refractivity contribution in [3.8, 4) is 0 Å². The van der Waals surface area contributed by atoms with Gasteiger partial charge in [-0.2, -0.15) is 0 Å². The number of hydrogen-bond acceptors (Lipinski definition) is 6. The minimum absolute atomic E-state index is 0.0447. The highest BCUT2D eigenvalue weighted by molar-refractivity contribution is 7.55. The molecule has 1 saturated heterocycles. The molecule has 2 fully saturated rings. The second-order valence-electron chi connectivity index (χ2n) is 6.04. The molecule has 0 aromatic carbocycles. The highest BCUT2D eigenvalue weighted by Crippen LogP contribution is 2.64. The first-order valence-corrected chi connectivity index (χ1v) is 8.88. The molecule has 0 amide bonds. The summed E-state index contributed by atoms with van der Waals surface area (Å²) in [6, 6.07) is 0. The van der Waals surface area contributed by atoms with Crippen molar-refractivity contribution in [1.82, 2.24) is 19.5 Å². The molecule has 2 atom stereocenters. The number of imidazole rings is 1. The number of hydrogen-bond donors (Lipinski definition) is 3. The van der Waals surface area contributed by atoms with Gasteiger partial charge < -0.3 is 20.3 Å². The summed E-state index contributed by atoms with van der Waals surface area (Å²) in [7, 11) is -4.16. The maximum absolute atomic E-state index is 11.1. The third kappa shape index (κ3) is 2.36. The zero-order chi connectivity index (χ0) is 16.2. The molecule has 2 aromatic rings. The molecule has 9 nitrogen and oxygen atoms in total. The van der Waals surface area contributed by atoms with Gasteiger partial charge in [0.15, 0.2) is 11.5 Å². The topological polar surface area (TPSA) is 136 Å². The van der Waals surface area contributed by atoms with Crippen molar-refractivity contribution in [1.29, 1.82) is 0 Å². The molecular weight excluding hydrogens is 321 g/mol. The summed E-state index contributed by atoms with van der Waals surface area (Å²) >= 11 is 0. The maximum Gasteiger partial charge on any atom is 0.348 e. The summed E-state index contributed by atoms with van der Waals surface area (Å²) in [6.07, 6.45) is 6.18. The summed E-state index contributed by atoms with van der Waals surface area (Å²) < 4.78 is 18.8. The van der Waals surface area contributed by atoms with E-state index in [1.807, 2.05) is 4.57 Å². The van der Waals surface area contributed by atoms with Gasteiger partial charge in [0.1, 0.15) is 18.1 Å². The van der Waals surface area contributed by atoms with Crippen LogP contribution in [-0.2, 0) is 9.30 Å². The second-order valence-corrected chi connectivity index (χ2v) is 7.52. The van der Waals surface area contributed by atoms with Crippen LogP contribution >= 0.6 is 7.60 Å². The Morgan fingerprint density at radius 1 is 1.39 bits per heavy atom. The Bertz CT molecular complexity index is 840. The van der Waals surface area contributed by atoms with Gasteiger partial charge in [0.25, 0.3) is 0 Å². The van der Waals surface area contributed by atoms with E-state index in [1.54, 1.807) is 12.4 Å². The van der Waals surface area contributed by atoms with Crippen molar-refractivity contribution >= 4 is 24.6 Å². The lowest BCUT2D eigenvalue weighted by molar-refractivity contribution is 0.0282. The summed E-state index contributed by atoms with van der Waals surface area (Å²) in [5.41, 5.74) is 6.77.